The summed E-state index contributed by atoms with van der Waals surface area (Å²) in [5, 5.41) is 11.7. The molecule has 5 nitrogen and oxygen atoms in total. The normalized spacial score (nSPS) is 28.1. The summed E-state index contributed by atoms with van der Waals surface area (Å²) in [5.41, 5.74) is 0. The maximum absolute atomic E-state index is 11.8. The number of rotatable bonds is 4. The largest absolute Gasteiger partial charge is 0.481 e. The molecule has 0 bridgehead atoms. The standard InChI is InChI=1S/C13H22N2O3/c1-9(10-4-2-3-5-10)15-7-6-14-13(18)11(15)8-12(16)17/h9-11H,2-8H2,1H3,(H,14,18)(H,16,17). The molecule has 18 heavy (non-hydrogen) atoms. The molecule has 1 aliphatic heterocycles. The van der Waals surface area contributed by atoms with Crippen LogP contribution in [0, 0.1) is 5.92 Å². The minimum absolute atomic E-state index is 0.0944. The number of nitrogens with one attached hydrogen (secondary N) is 1. The van der Waals surface area contributed by atoms with Crippen LogP contribution < -0.4 is 5.32 Å². The van der Waals surface area contributed by atoms with Crippen LogP contribution in [0.2, 0.25) is 0 Å². The van der Waals surface area contributed by atoms with Crippen molar-refractivity contribution in [3.8, 4) is 0 Å². The van der Waals surface area contributed by atoms with Gasteiger partial charge < -0.3 is 10.4 Å². The lowest BCUT2D eigenvalue weighted by atomic mass is 9.95. The summed E-state index contributed by atoms with van der Waals surface area (Å²) in [4.78, 5) is 24.8. The Kier molecular flexibility index (Phi) is 4.22. The Morgan fingerprint density at radius 3 is 2.78 bits per heavy atom. The zero-order chi connectivity index (χ0) is 13.1. The van der Waals surface area contributed by atoms with Gasteiger partial charge >= 0.3 is 5.97 Å². The molecular formula is C13H22N2O3. The van der Waals surface area contributed by atoms with Crippen molar-refractivity contribution in [1.29, 1.82) is 0 Å². The molecule has 0 spiro atoms. The highest BCUT2D eigenvalue weighted by atomic mass is 16.4. The average Bonchev–Trinajstić information content (AvgIpc) is 2.84. The molecule has 102 valence electrons. The third-order valence-corrected chi connectivity index (χ3v) is 4.35. The van der Waals surface area contributed by atoms with Gasteiger partial charge in [0.15, 0.2) is 0 Å². The lowest BCUT2D eigenvalue weighted by Crippen LogP contribution is -2.59. The number of piperazine rings is 1. The first-order chi connectivity index (χ1) is 8.59. The molecule has 2 N–H and O–H groups in total. The van der Waals surface area contributed by atoms with Crippen LogP contribution in [0.1, 0.15) is 39.0 Å². The summed E-state index contributed by atoms with van der Waals surface area (Å²) in [6, 6.07) is -0.185. The van der Waals surface area contributed by atoms with E-state index in [1.807, 2.05) is 0 Å². The van der Waals surface area contributed by atoms with Crippen LogP contribution in [0.15, 0.2) is 0 Å². The van der Waals surface area contributed by atoms with Crippen LogP contribution in [0.4, 0.5) is 0 Å². The van der Waals surface area contributed by atoms with Gasteiger partial charge in [0.25, 0.3) is 0 Å². The van der Waals surface area contributed by atoms with Gasteiger partial charge in [-0.15, -0.1) is 0 Å². The Bertz CT molecular complexity index is 326. The molecule has 1 aliphatic carbocycles. The fourth-order valence-electron chi connectivity index (χ4n) is 3.31. The Hall–Kier alpha value is -1.10. The van der Waals surface area contributed by atoms with Crippen molar-refractivity contribution in [1.82, 2.24) is 10.2 Å². The van der Waals surface area contributed by atoms with Gasteiger partial charge in [-0.3, -0.25) is 14.5 Å². The van der Waals surface area contributed by atoms with Gasteiger partial charge in [0.1, 0.15) is 0 Å². The zero-order valence-electron chi connectivity index (χ0n) is 10.9. The van der Waals surface area contributed by atoms with Crippen molar-refractivity contribution >= 4 is 11.9 Å². The number of carboxylic acids is 1. The van der Waals surface area contributed by atoms with Crippen LogP contribution in [-0.2, 0) is 9.59 Å². The molecule has 2 aliphatic rings. The number of hydrogen-bond donors (Lipinski definition) is 2. The average molecular weight is 254 g/mol. The summed E-state index contributed by atoms with van der Waals surface area (Å²) in [6.45, 7) is 3.54. The van der Waals surface area contributed by atoms with E-state index in [1.54, 1.807) is 0 Å². The van der Waals surface area contributed by atoms with Crippen LogP contribution in [0.5, 0.6) is 0 Å². The third-order valence-electron chi connectivity index (χ3n) is 4.35. The molecule has 0 radical (unpaired) electrons. The minimum atomic E-state index is -0.902. The van der Waals surface area contributed by atoms with Gasteiger partial charge in [0.05, 0.1) is 12.5 Å². The van der Waals surface area contributed by atoms with Crippen molar-refractivity contribution in [2.45, 2.75) is 51.1 Å². The number of nitrogens with zero attached hydrogens (tertiary/aromatic N) is 1. The van der Waals surface area contributed by atoms with Gasteiger partial charge in [-0.25, -0.2) is 0 Å². The Morgan fingerprint density at radius 1 is 1.50 bits per heavy atom. The van der Waals surface area contributed by atoms with Gasteiger partial charge in [-0.05, 0) is 25.7 Å². The highest BCUT2D eigenvalue weighted by molar-refractivity contribution is 5.86. The number of carbonyl (C=O) groups excluding carboxylic acids is 1. The topological polar surface area (TPSA) is 69.6 Å². The zero-order valence-corrected chi connectivity index (χ0v) is 10.9. The fraction of sp³-hybridized carbons (Fsp3) is 0.846. The Balaban J connectivity index is 2.06. The molecule has 2 rings (SSSR count). The van der Waals surface area contributed by atoms with Crippen molar-refractivity contribution in [2.24, 2.45) is 5.92 Å². The number of amides is 1. The van der Waals surface area contributed by atoms with E-state index in [9.17, 15) is 9.59 Å². The molecule has 0 aromatic carbocycles. The van der Waals surface area contributed by atoms with Gasteiger partial charge in [0, 0.05) is 19.1 Å². The molecular weight excluding hydrogens is 232 g/mol. The molecule has 0 aromatic rings. The van der Waals surface area contributed by atoms with Crippen LogP contribution >= 0.6 is 0 Å². The van der Waals surface area contributed by atoms with E-state index in [0.717, 1.165) is 6.54 Å². The summed E-state index contributed by atoms with van der Waals surface area (Å²) in [5.74, 6) is -0.415. The lowest BCUT2D eigenvalue weighted by molar-refractivity contribution is -0.144. The number of hydrogen-bond acceptors (Lipinski definition) is 3. The highest BCUT2D eigenvalue weighted by Gasteiger charge is 2.37. The molecule has 1 heterocycles. The quantitative estimate of drug-likeness (QED) is 0.780. The van der Waals surface area contributed by atoms with Gasteiger partial charge in [0.2, 0.25) is 5.91 Å². The maximum Gasteiger partial charge on any atom is 0.305 e. The maximum atomic E-state index is 11.8. The number of aliphatic carboxylic acids is 1. The Morgan fingerprint density at radius 2 is 2.17 bits per heavy atom. The summed E-state index contributed by atoms with van der Waals surface area (Å²) < 4.78 is 0. The smallest absolute Gasteiger partial charge is 0.305 e. The number of carbonyl (C=O) groups is 2. The first kappa shape index (κ1) is 13.3. The Labute approximate surface area is 108 Å². The van der Waals surface area contributed by atoms with Crippen LogP contribution in [0.25, 0.3) is 0 Å². The van der Waals surface area contributed by atoms with Crippen LogP contribution in [0.3, 0.4) is 0 Å². The van der Waals surface area contributed by atoms with E-state index in [2.05, 4.69) is 17.1 Å². The van der Waals surface area contributed by atoms with E-state index in [0.29, 0.717) is 18.5 Å². The molecule has 2 atom stereocenters. The molecule has 1 saturated carbocycles. The molecule has 1 amide bonds. The number of carboxylic acid groups (broad SMARTS) is 1. The van der Waals surface area contributed by atoms with Crippen molar-refractivity contribution in [2.75, 3.05) is 13.1 Å². The molecule has 2 unspecified atom stereocenters. The van der Waals surface area contributed by atoms with E-state index in [-0.39, 0.29) is 12.3 Å². The van der Waals surface area contributed by atoms with E-state index < -0.39 is 12.0 Å². The molecule has 5 heteroatoms. The predicted octanol–water partition coefficient (Wildman–Crippen LogP) is 0.840. The third kappa shape index (κ3) is 2.83. The first-order valence-electron chi connectivity index (χ1n) is 6.85. The lowest BCUT2D eigenvalue weighted by Gasteiger charge is -2.40. The monoisotopic (exact) mass is 254 g/mol. The highest BCUT2D eigenvalue weighted by Crippen LogP contribution is 2.31. The van der Waals surface area contributed by atoms with Gasteiger partial charge in [-0.1, -0.05) is 12.8 Å². The fourth-order valence-corrected chi connectivity index (χ4v) is 3.31. The van der Waals surface area contributed by atoms with E-state index in [1.165, 1.54) is 25.7 Å². The van der Waals surface area contributed by atoms with E-state index in [4.69, 9.17) is 5.11 Å². The summed E-state index contributed by atoms with van der Waals surface area (Å²) in [6.07, 6.45) is 4.85. The first-order valence-corrected chi connectivity index (χ1v) is 6.85. The van der Waals surface area contributed by atoms with E-state index >= 15 is 0 Å². The molecule has 1 saturated heterocycles. The molecule has 0 aromatic heterocycles. The van der Waals surface area contributed by atoms with Crippen molar-refractivity contribution in [3.05, 3.63) is 0 Å². The second-order valence-electron chi connectivity index (χ2n) is 5.43. The molecule has 2 fully saturated rings. The van der Waals surface area contributed by atoms with Crippen molar-refractivity contribution < 1.29 is 14.7 Å². The predicted molar refractivity (Wildman–Crippen MR) is 67.2 cm³/mol. The SMILES string of the molecule is CC(C1CCCC1)N1CCNC(=O)C1CC(=O)O. The minimum Gasteiger partial charge on any atom is -0.481 e. The summed E-state index contributed by atoms with van der Waals surface area (Å²) >= 11 is 0. The van der Waals surface area contributed by atoms with Crippen LogP contribution in [-0.4, -0.2) is 47.1 Å². The van der Waals surface area contributed by atoms with Crippen molar-refractivity contribution in [3.63, 3.8) is 0 Å². The second-order valence-corrected chi connectivity index (χ2v) is 5.43. The van der Waals surface area contributed by atoms with Gasteiger partial charge in [-0.2, -0.15) is 0 Å². The summed E-state index contributed by atoms with van der Waals surface area (Å²) in [7, 11) is 0. The second kappa shape index (κ2) is 5.69.